The van der Waals surface area contributed by atoms with Crippen molar-refractivity contribution in [3.8, 4) is 0 Å². The summed E-state index contributed by atoms with van der Waals surface area (Å²) >= 11 is 0. The lowest BCUT2D eigenvalue weighted by Gasteiger charge is -2.38. The summed E-state index contributed by atoms with van der Waals surface area (Å²) in [6, 6.07) is 5.05. The molecule has 1 aromatic heterocycles. The molecule has 1 aromatic rings. The molecule has 2 N–H and O–H groups in total. The molecule has 1 atom stereocenters. The van der Waals surface area contributed by atoms with Gasteiger partial charge in [0.2, 0.25) is 0 Å². The molecular formula is C14H23N3O. The first kappa shape index (κ1) is 13.3. The number of aliphatic hydroxyl groups excluding tert-OH is 1. The minimum Gasteiger partial charge on any atom is -0.395 e. The molecule has 1 fully saturated rings. The zero-order valence-corrected chi connectivity index (χ0v) is 11.3. The molecule has 0 saturated heterocycles. The van der Waals surface area contributed by atoms with Crippen molar-refractivity contribution >= 4 is 5.69 Å². The summed E-state index contributed by atoms with van der Waals surface area (Å²) in [5, 5.41) is 12.4. The maximum absolute atomic E-state index is 9.18. The molecule has 0 amide bonds. The number of nitrogens with one attached hydrogen (secondary N) is 1. The first-order chi connectivity index (χ1) is 8.76. The van der Waals surface area contributed by atoms with Crippen molar-refractivity contribution < 1.29 is 5.11 Å². The van der Waals surface area contributed by atoms with Crippen LogP contribution < -0.4 is 10.2 Å². The smallest absolute Gasteiger partial charge is 0.0606 e. The summed E-state index contributed by atoms with van der Waals surface area (Å²) in [5.74, 6) is 0. The predicted octanol–water partition coefficient (Wildman–Crippen LogP) is 1.71. The Morgan fingerprint density at radius 1 is 1.50 bits per heavy atom. The summed E-state index contributed by atoms with van der Waals surface area (Å²) in [4.78, 5) is 6.79. The van der Waals surface area contributed by atoms with Gasteiger partial charge < -0.3 is 15.3 Å². The van der Waals surface area contributed by atoms with Gasteiger partial charge in [-0.05, 0) is 45.4 Å². The maximum Gasteiger partial charge on any atom is 0.0606 e. The van der Waals surface area contributed by atoms with Crippen LogP contribution in [0.2, 0.25) is 0 Å². The fourth-order valence-corrected chi connectivity index (χ4v) is 2.30. The lowest BCUT2D eigenvalue weighted by Crippen LogP contribution is -2.42. The van der Waals surface area contributed by atoms with E-state index in [1.807, 2.05) is 13.2 Å². The van der Waals surface area contributed by atoms with Crippen molar-refractivity contribution in [2.24, 2.45) is 0 Å². The third-order valence-electron chi connectivity index (χ3n) is 3.84. The third-order valence-corrected chi connectivity index (χ3v) is 3.84. The van der Waals surface area contributed by atoms with Crippen LogP contribution >= 0.6 is 0 Å². The minimum absolute atomic E-state index is 0.200. The van der Waals surface area contributed by atoms with E-state index in [0.29, 0.717) is 12.6 Å². The van der Waals surface area contributed by atoms with Crippen molar-refractivity contribution in [2.75, 3.05) is 25.1 Å². The van der Waals surface area contributed by atoms with E-state index in [0.717, 1.165) is 11.4 Å². The number of nitrogens with zero attached hydrogens (tertiary/aromatic N) is 2. The van der Waals surface area contributed by atoms with Crippen LogP contribution in [0.5, 0.6) is 0 Å². The van der Waals surface area contributed by atoms with Gasteiger partial charge in [0.25, 0.3) is 0 Å². The third kappa shape index (κ3) is 2.82. The Balaban J connectivity index is 2.10. The SMILES string of the molecule is CNC(C)c1ccc(N(CCO)C2CCC2)cn1. The Bertz CT molecular complexity index is 362. The van der Waals surface area contributed by atoms with Gasteiger partial charge in [0.15, 0.2) is 0 Å². The first-order valence-electron chi connectivity index (χ1n) is 6.77. The molecule has 1 aliphatic rings. The van der Waals surface area contributed by atoms with Crippen LogP contribution in [-0.4, -0.2) is 36.3 Å². The molecule has 2 rings (SSSR count). The van der Waals surface area contributed by atoms with Crippen LogP contribution in [0, 0.1) is 0 Å². The maximum atomic E-state index is 9.18. The number of aromatic nitrogens is 1. The highest BCUT2D eigenvalue weighted by Crippen LogP contribution is 2.29. The monoisotopic (exact) mass is 249 g/mol. The standard InChI is InChI=1S/C14H23N3O/c1-11(15-2)14-7-6-13(10-16-14)17(8-9-18)12-4-3-5-12/h6-7,10-12,15,18H,3-5,8-9H2,1-2H3. The molecule has 1 heterocycles. The van der Waals surface area contributed by atoms with Gasteiger partial charge >= 0.3 is 0 Å². The zero-order chi connectivity index (χ0) is 13.0. The molecule has 18 heavy (non-hydrogen) atoms. The number of aliphatic hydroxyl groups is 1. The Labute approximate surface area is 109 Å². The Morgan fingerprint density at radius 3 is 2.72 bits per heavy atom. The molecule has 100 valence electrons. The second-order valence-electron chi connectivity index (χ2n) is 4.95. The lowest BCUT2D eigenvalue weighted by atomic mass is 9.91. The average molecular weight is 249 g/mol. The van der Waals surface area contributed by atoms with Gasteiger partial charge in [-0.1, -0.05) is 0 Å². The molecule has 4 heteroatoms. The summed E-state index contributed by atoms with van der Waals surface area (Å²) < 4.78 is 0. The molecule has 0 aliphatic heterocycles. The van der Waals surface area contributed by atoms with Crippen LogP contribution in [0.1, 0.15) is 37.9 Å². The van der Waals surface area contributed by atoms with Gasteiger partial charge in [-0.15, -0.1) is 0 Å². The molecule has 4 nitrogen and oxygen atoms in total. The molecule has 0 spiro atoms. The topological polar surface area (TPSA) is 48.4 Å². The molecule has 1 saturated carbocycles. The highest BCUT2D eigenvalue weighted by atomic mass is 16.3. The summed E-state index contributed by atoms with van der Waals surface area (Å²) in [7, 11) is 1.94. The van der Waals surface area contributed by atoms with Crippen molar-refractivity contribution in [1.82, 2.24) is 10.3 Å². The zero-order valence-electron chi connectivity index (χ0n) is 11.3. The van der Waals surface area contributed by atoms with Crippen LogP contribution in [-0.2, 0) is 0 Å². The highest BCUT2D eigenvalue weighted by Gasteiger charge is 2.25. The fraction of sp³-hybridized carbons (Fsp3) is 0.643. The van der Waals surface area contributed by atoms with Crippen molar-refractivity contribution in [3.05, 3.63) is 24.0 Å². The van der Waals surface area contributed by atoms with Gasteiger partial charge in [0.05, 0.1) is 24.2 Å². The van der Waals surface area contributed by atoms with E-state index in [-0.39, 0.29) is 12.6 Å². The van der Waals surface area contributed by atoms with E-state index in [2.05, 4.69) is 34.3 Å². The van der Waals surface area contributed by atoms with Gasteiger partial charge in [-0.2, -0.15) is 0 Å². The lowest BCUT2D eigenvalue weighted by molar-refractivity contribution is 0.283. The van der Waals surface area contributed by atoms with Crippen molar-refractivity contribution in [2.45, 2.75) is 38.3 Å². The minimum atomic E-state index is 0.200. The van der Waals surface area contributed by atoms with Gasteiger partial charge in [-0.25, -0.2) is 0 Å². The van der Waals surface area contributed by atoms with Crippen LogP contribution in [0.15, 0.2) is 18.3 Å². The van der Waals surface area contributed by atoms with Crippen molar-refractivity contribution in [3.63, 3.8) is 0 Å². The molecule has 1 aliphatic carbocycles. The Morgan fingerprint density at radius 2 is 2.28 bits per heavy atom. The predicted molar refractivity (Wildman–Crippen MR) is 73.8 cm³/mol. The summed E-state index contributed by atoms with van der Waals surface area (Å²) in [5.41, 5.74) is 2.18. The van der Waals surface area contributed by atoms with E-state index in [1.165, 1.54) is 19.3 Å². The van der Waals surface area contributed by atoms with Crippen LogP contribution in [0.3, 0.4) is 0 Å². The van der Waals surface area contributed by atoms with E-state index in [9.17, 15) is 5.11 Å². The second kappa shape index (κ2) is 6.16. The van der Waals surface area contributed by atoms with E-state index in [4.69, 9.17) is 0 Å². The van der Waals surface area contributed by atoms with Crippen LogP contribution in [0.4, 0.5) is 5.69 Å². The molecule has 0 radical (unpaired) electrons. The van der Waals surface area contributed by atoms with E-state index < -0.39 is 0 Å². The number of anilines is 1. The number of hydrogen-bond acceptors (Lipinski definition) is 4. The van der Waals surface area contributed by atoms with Crippen LogP contribution in [0.25, 0.3) is 0 Å². The van der Waals surface area contributed by atoms with Crippen molar-refractivity contribution in [1.29, 1.82) is 0 Å². The normalized spacial score (nSPS) is 17.3. The van der Waals surface area contributed by atoms with Gasteiger partial charge in [-0.3, -0.25) is 4.98 Å². The molecule has 0 bridgehead atoms. The van der Waals surface area contributed by atoms with Gasteiger partial charge in [0.1, 0.15) is 0 Å². The number of hydrogen-bond donors (Lipinski definition) is 2. The Hall–Kier alpha value is -1.13. The number of pyridine rings is 1. The largest absolute Gasteiger partial charge is 0.395 e. The highest BCUT2D eigenvalue weighted by molar-refractivity contribution is 5.46. The van der Waals surface area contributed by atoms with Gasteiger partial charge in [0, 0.05) is 18.6 Å². The molecular weight excluding hydrogens is 226 g/mol. The average Bonchev–Trinajstić information content (AvgIpc) is 2.35. The molecule has 0 aromatic carbocycles. The summed E-state index contributed by atoms with van der Waals surface area (Å²) in [6.07, 6.45) is 5.69. The quantitative estimate of drug-likeness (QED) is 0.806. The molecule has 1 unspecified atom stereocenters. The number of rotatable bonds is 6. The fourth-order valence-electron chi connectivity index (χ4n) is 2.30. The first-order valence-corrected chi connectivity index (χ1v) is 6.77. The van der Waals surface area contributed by atoms with E-state index >= 15 is 0 Å². The van der Waals surface area contributed by atoms with E-state index in [1.54, 1.807) is 0 Å². The summed E-state index contributed by atoms with van der Waals surface area (Å²) in [6.45, 7) is 3.00. The Kier molecular flexibility index (Phi) is 4.55. The second-order valence-corrected chi connectivity index (χ2v) is 4.95.